The van der Waals surface area contributed by atoms with E-state index in [0.29, 0.717) is 0 Å². The Labute approximate surface area is 161 Å². The van der Waals surface area contributed by atoms with Crippen molar-refractivity contribution >= 4 is 29.3 Å². The predicted octanol–water partition coefficient (Wildman–Crippen LogP) is 4.98. The topological polar surface area (TPSA) is 32.3 Å². The highest BCUT2D eigenvalue weighted by Crippen LogP contribution is 2.26. The fourth-order valence-corrected chi connectivity index (χ4v) is 4.53. The Hall–Kier alpha value is -0.710. The zero-order valence-electron chi connectivity index (χ0n) is 15.5. The molecule has 2 rings (SSSR count). The van der Waals surface area contributed by atoms with Crippen LogP contribution in [0.3, 0.4) is 0 Å². The molecule has 140 valence electrons. The Balaban J connectivity index is 1.71. The predicted molar refractivity (Wildman–Crippen MR) is 109 cm³/mol. The van der Waals surface area contributed by atoms with Gasteiger partial charge in [0.25, 0.3) is 0 Å². The second-order valence-corrected chi connectivity index (χ2v) is 8.42. The fraction of sp³-hybridized carbons (Fsp3) is 0.650. The molecule has 0 aliphatic carbocycles. The Bertz CT molecular complexity index is 523. The molecule has 0 aromatic heterocycles. The maximum absolute atomic E-state index is 12.4. The molecule has 1 aliphatic heterocycles. The van der Waals surface area contributed by atoms with Crippen LogP contribution in [0, 0.1) is 0 Å². The van der Waals surface area contributed by atoms with Gasteiger partial charge in [-0.3, -0.25) is 4.79 Å². The lowest BCUT2D eigenvalue weighted by Crippen LogP contribution is -2.41. The molecule has 1 amide bonds. The summed E-state index contributed by atoms with van der Waals surface area (Å²) in [5, 5.41) is 3.81. The minimum absolute atomic E-state index is 0.0421. The summed E-state index contributed by atoms with van der Waals surface area (Å²) in [4.78, 5) is 16.1. The van der Waals surface area contributed by atoms with E-state index in [1.54, 1.807) is 11.8 Å². The molecule has 0 radical (unpaired) electrons. The number of hydrogen-bond acceptors (Lipinski definition) is 3. The largest absolute Gasteiger partial charge is 0.355 e. The molecule has 2 atom stereocenters. The monoisotopic (exact) mass is 382 g/mol. The van der Waals surface area contributed by atoms with E-state index in [2.05, 4.69) is 24.1 Å². The first kappa shape index (κ1) is 20.6. The van der Waals surface area contributed by atoms with Crippen molar-refractivity contribution in [3.8, 4) is 0 Å². The summed E-state index contributed by atoms with van der Waals surface area (Å²) in [6, 6.07) is 8.44. The number of likely N-dealkylation sites (tertiary alicyclic amines) is 1. The van der Waals surface area contributed by atoms with Gasteiger partial charge >= 0.3 is 0 Å². The quantitative estimate of drug-likeness (QED) is 0.482. The van der Waals surface area contributed by atoms with Gasteiger partial charge in [-0.1, -0.05) is 31.9 Å². The number of benzene rings is 1. The molecular formula is C20H31ClN2OS. The molecule has 5 heteroatoms. The molecule has 0 bridgehead atoms. The van der Waals surface area contributed by atoms with Gasteiger partial charge in [0.2, 0.25) is 5.91 Å². The number of nitrogens with zero attached hydrogens (tertiary/aromatic N) is 1. The van der Waals surface area contributed by atoms with Crippen LogP contribution in [0.15, 0.2) is 29.2 Å². The first-order valence-corrected chi connectivity index (χ1v) is 10.8. The lowest BCUT2D eigenvalue weighted by Gasteiger charge is -2.35. The molecule has 0 unspecified atom stereocenters. The van der Waals surface area contributed by atoms with Crippen molar-refractivity contribution in [1.82, 2.24) is 10.2 Å². The van der Waals surface area contributed by atoms with Crippen molar-refractivity contribution in [1.29, 1.82) is 0 Å². The number of nitrogens with one attached hydrogen (secondary N) is 1. The summed E-state index contributed by atoms with van der Waals surface area (Å²) in [6.45, 7) is 7.43. The molecule has 1 aromatic carbocycles. The molecule has 1 aromatic rings. The molecule has 0 spiro atoms. The van der Waals surface area contributed by atoms with Crippen molar-refractivity contribution in [3.05, 3.63) is 29.3 Å². The maximum atomic E-state index is 12.4. The second-order valence-electron chi connectivity index (χ2n) is 6.71. The van der Waals surface area contributed by atoms with Gasteiger partial charge in [-0.15, -0.1) is 11.8 Å². The third-order valence-corrected chi connectivity index (χ3v) is 6.53. The average molecular weight is 383 g/mol. The van der Waals surface area contributed by atoms with E-state index < -0.39 is 0 Å². The molecular weight excluding hydrogens is 352 g/mol. The summed E-state index contributed by atoms with van der Waals surface area (Å²) in [5.74, 6) is 0.146. The molecule has 1 aliphatic rings. The summed E-state index contributed by atoms with van der Waals surface area (Å²) in [7, 11) is 0. The number of hydrogen-bond donors (Lipinski definition) is 1. The standard InChI is InChI=1S/C20H31ClN2OS/c1-3-17-8-5-6-14-23(17)15-7-13-22-20(24)19(4-2)25-18-11-9-16(21)10-12-18/h9-12,17,19H,3-8,13-15H2,1-2H3,(H,22,24)/t17-,19+/m1/s1. The lowest BCUT2D eigenvalue weighted by atomic mass is 10.00. The molecule has 25 heavy (non-hydrogen) atoms. The van der Waals surface area contributed by atoms with Crippen LogP contribution < -0.4 is 5.32 Å². The number of rotatable bonds is 9. The van der Waals surface area contributed by atoms with E-state index in [9.17, 15) is 4.79 Å². The molecule has 1 heterocycles. The van der Waals surface area contributed by atoms with Crippen molar-refractivity contribution < 1.29 is 4.79 Å². The Kier molecular flexibility index (Phi) is 9.14. The van der Waals surface area contributed by atoms with Crippen LogP contribution in [0.5, 0.6) is 0 Å². The van der Waals surface area contributed by atoms with Crippen molar-refractivity contribution in [2.75, 3.05) is 19.6 Å². The Morgan fingerprint density at radius 2 is 2.08 bits per heavy atom. The number of carbonyl (C=O) groups excluding carboxylic acids is 1. The van der Waals surface area contributed by atoms with Gasteiger partial charge in [-0.25, -0.2) is 0 Å². The Morgan fingerprint density at radius 3 is 2.76 bits per heavy atom. The van der Waals surface area contributed by atoms with Crippen LogP contribution in [0.25, 0.3) is 0 Å². The third-order valence-electron chi connectivity index (χ3n) is 4.90. The average Bonchev–Trinajstić information content (AvgIpc) is 2.64. The minimum atomic E-state index is -0.0421. The van der Waals surface area contributed by atoms with Crippen LogP contribution in [0.1, 0.15) is 52.4 Å². The van der Waals surface area contributed by atoms with E-state index in [-0.39, 0.29) is 11.2 Å². The first-order chi connectivity index (χ1) is 12.1. The van der Waals surface area contributed by atoms with Crippen LogP contribution >= 0.6 is 23.4 Å². The number of carbonyl (C=O) groups is 1. The lowest BCUT2D eigenvalue weighted by molar-refractivity contribution is -0.120. The highest BCUT2D eigenvalue weighted by molar-refractivity contribution is 8.00. The zero-order chi connectivity index (χ0) is 18.1. The van der Waals surface area contributed by atoms with Crippen LogP contribution in [-0.2, 0) is 4.79 Å². The number of piperidine rings is 1. The number of thioether (sulfide) groups is 1. The maximum Gasteiger partial charge on any atom is 0.233 e. The molecule has 3 nitrogen and oxygen atoms in total. The normalized spacial score (nSPS) is 19.6. The number of amides is 1. The smallest absolute Gasteiger partial charge is 0.233 e. The van der Waals surface area contributed by atoms with Gasteiger partial charge in [0.05, 0.1) is 5.25 Å². The van der Waals surface area contributed by atoms with Crippen molar-refractivity contribution in [2.24, 2.45) is 0 Å². The fourth-order valence-electron chi connectivity index (χ4n) is 3.42. The van der Waals surface area contributed by atoms with E-state index in [1.165, 1.54) is 32.2 Å². The van der Waals surface area contributed by atoms with Gasteiger partial charge in [-0.05, 0) is 62.9 Å². The summed E-state index contributed by atoms with van der Waals surface area (Å²) in [5.41, 5.74) is 0. The highest BCUT2D eigenvalue weighted by Gasteiger charge is 2.21. The van der Waals surface area contributed by atoms with Gasteiger partial charge in [0.1, 0.15) is 0 Å². The van der Waals surface area contributed by atoms with E-state index in [0.717, 1.165) is 41.9 Å². The summed E-state index contributed by atoms with van der Waals surface area (Å²) < 4.78 is 0. The molecule has 1 N–H and O–H groups in total. The minimum Gasteiger partial charge on any atom is -0.355 e. The van der Waals surface area contributed by atoms with Crippen molar-refractivity contribution in [3.63, 3.8) is 0 Å². The summed E-state index contributed by atoms with van der Waals surface area (Å²) in [6.07, 6.45) is 7.11. The van der Waals surface area contributed by atoms with Gasteiger partial charge in [0.15, 0.2) is 0 Å². The van der Waals surface area contributed by atoms with Crippen molar-refractivity contribution in [2.45, 2.75) is 68.6 Å². The van der Waals surface area contributed by atoms with Crippen LogP contribution in [0.4, 0.5) is 0 Å². The highest BCUT2D eigenvalue weighted by atomic mass is 35.5. The van der Waals surface area contributed by atoms with Gasteiger partial charge < -0.3 is 10.2 Å². The first-order valence-electron chi connectivity index (χ1n) is 9.58. The van der Waals surface area contributed by atoms with E-state index >= 15 is 0 Å². The van der Waals surface area contributed by atoms with Gasteiger partial charge in [0, 0.05) is 29.0 Å². The van der Waals surface area contributed by atoms with Crippen LogP contribution in [-0.4, -0.2) is 41.7 Å². The van der Waals surface area contributed by atoms with Gasteiger partial charge in [-0.2, -0.15) is 0 Å². The summed E-state index contributed by atoms with van der Waals surface area (Å²) >= 11 is 7.54. The third kappa shape index (κ3) is 6.84. The van der Waals surface area contributed by atoms with E-state index in [1.807, 2.05) is 24.3 Å². The molecule has 1 saturated heterocycles. The Morgan fingerprint density at radius 1 is 1.32 bits per heavy atom. The molecule has 0 saturated carbocycles. The van der Waals surface area contributed by atoms with Crippen LogP contribution in [0.2, 0.25) is 5.02 Å². The van der Waals surface area contributed by atoms with E-state index in [4.69, 9.17) is 11.6 Å². The number of halogens is 1. The second kappa shape index (κ2) is 11.1. The SMILES string of the molecule is CC[C@@H]1CCCCN1CCCNC(=O)[C@H](CC)Sc1ccc(Cl)cc1. The zero-order valence-corrected chi connectivity index (χ0v) is 17.0. The molecule has 1 fully saturated rings.